The number of carbonyl (C=O) groups excluding carboxylic acids is 3. The Kier molecular flexibility index (Phi) is 10.0. The van der Waals surface area contributed by atoms with E-state index in [0.29, 0.717) is 18.8 Å². The van der Waals surface area contributed by atoms with Crippen molar-refractivity contribution >= 4 is 40.9 Å². The number of rotatable bonds is 6. The largest absolute Gasteiger partial charge is 0.481 e. The minimum Gasteiger partial charge on any atom is -0.481 e. The number of carbonyl (C=O) groups is 4. The lowest BCUT2D eigenvalue weighted by Gasteiger charge is -2.19. The number of nitrogens with one attached hydrogen (secondary N) is 4. The molecule has 0 fully saturated rings. The van der Waals surface area contributed by atoms with E-state index in [-0.39, 0.29) is 24.3 Å². The first-order chi connectivity index (χ1) is 18.6. The van der Waals surface area contributed by atoms with Gasteiger partial charge in [0.25, 0.3) is 0 Å². The van der Waals surface area contributed by atoms with Crippen molar-refractivity contribution in [1.82, 2.24) is 10.2 Å². The van der Waals surface area contributed by atoms with Crippen LogP contribution in [0.15, 0.2) is 72.8 Å². The molecule has 0 aliphatic carbocycles. The smallest absolute Gasteiger partial charge is 0.323 e. The molecule has 10 heteroatoms. The summed E-state index contributed by atoms with van der Waals surface area (Å²) >= 11 is 0. The number of nitrogens with zero attached hydrogens (tertiary/aromatic N) is 1. The molecule has 204 valence electrons. The predicted molar refractivity (Wildman–Crippen MR) is 150 cm³/mol. The maximum absolute atomic E-state index is 12.0. The molecule has 39 heavy (non-hydrogen) atoms. The molecule has 4 amide bonds. The van der Waals surface area contributed by atoms with Crippen molar-refractivity contribution in [2.75, 3.05) is 23.0 Å². The van der Waals surface area contributed by atoms with Gasteiger partial charge in [-0.2, -0.15) is 0 Å². The number of hydrogen-bond acceptors (Lipinski definition) is 5. The van der Waals surface area contributed by atoms with Crippen LogP contribution >= 0.6 is 0 Å². The van der Waals surface area contributed by atoms with Crippen LogP contribution in [0.2, 0.25) is 0 Å². The summed E-state index contributed by atoms with van der Waals surface area (Å²) in [6.45, 7) is 4.39. The third-order valence-electron chi connectivity index (χ3n) is 5.95. The zero-order valence-corrected chi connectivity index (χ0v) is 22.2. The van der Waals surface area contributed by atoms with E-state index in [1.165, 1.54) is 6.92 Å². The number of carboxylic acid groups (broad SMARTS) is 1. The van der Waals surface area contributed by atoms with Crippen LogP contribution in [0.25, 0.3) is 0 Å². The van der Waals surface area contributed by atoms with Gasteiger partial charge in [-0.05, 0) is 47.9 Å². The molecule has 0 radical (unpaired) electrons. The standard InChI is InChI=1S/C17H19N3O2.C12H14N2O3/c1-12-5-3-4-6-16(12)20-17(22)19-15-9-7-14(8-10-15)11-18-13(2)21;1-14-7-8-4-2-3-5-9(8)13-10(12(14)17)6-11(15)16/h3-10H,11H2,1-2H3,(H,18,21)(H2,19,20,22);2-5,10,13H,6-7H2,1H3,(H,15,16). The molecule has 10 nitrogen and oxygen atoms in total. The number of anilines is 3. The highest BCUT2D eigenvalue weighted by Crippen LogP contribution is 2.23. The number of aryl methyl sites for hydroxylation is 1. The molecular weight excluding hydrogens is 498 g/mol. The van der Waals surface area contributed by atoms with Gasteiger partial charge in [0.1, 0.15) is 6.04 Å². The van der Waals surface area contributed by atoms with E-state index >= 15 is 0 Å². The molecule has 0 saturated heterocycles. The Morgan fingerprint density at radius 2 is 1.64 bits per heavy atom. The van der Waals surface area contributed by atoms with Crippen molar-refractivity contribution in [1.29, 1.82) is 0 Å². The first kappa shape index (κ1) is 28.7. The van der Waals surface area contributed by atoms with Crippen LogP contribution in [0.4, 0.5) is 21.9 Å². The van der Waals surface area contributed by atoms with Crippen LogP contribution < -0.4 is 21.3 Å². The average molecular weight is 532 g/mol. The van der Waals surface area contributed by atoms with E-state index in [2.05, 4.69) is 21.3 Å². The van der Waals surface area contributed by atoms with Crippen LogP contribution in [0.3, 0.4) is 0 Å². The minimum atomic E-state index is -0.983. The van der Waals surface area contributed by atoms with Gasteiger partial charge in [-0.3, -0.25) is 14.4 Å². The van der Waals surface area contributed by atoms with Crippen LogP contribution in [-0.2, 0) is 27.5 Å². The van der Waals surface area contributed by atoms with Gasteiger partial charge in [-0.15, -0.1) is 0 Å². The zero-order chi connectivity index (χ0) is 28.4. The summed E-state index contributed by atoms with van der Waals surface area (Å²) in [5, 5.41) is 20.1. The summed E-state index contributed by atoms with van der Waals surface area (Å²) in [7, 11) is 1.68. The topological polar surface area (TPSA) is 140 Å². The average Bonchev–Trinajstić information content (AvgIpc) is 3.01. The molecule has 1 aliphatic rings. The molecular formula is C29H33N5O5. The second-order valence-corrected chi connectivity index (χ2v) is 9.15. The molecule has 0 spiro atoms. The Hall–Kier alpha value is -4.86. The quantitative estimate of drug-likeness (QED) is 0.323. The van der Waals surface area contributed by atoms with E-state index in [9.17, 15) is 19.2 Å². The van der Waals surface area contributed by atoms with Gasteiger partial charge in [-0.25, -0.2) is 4.79 Å². The third kappa shape index (κ3) is 8.89. The highest BCUT2D eigenvalue weighted by Gasteiger charge is 2.28. The number of carboxylic acids is 1. The van der Waals surface area contributed by atoms with Crippen molar-refractivity contribution in [2.24, 2.45) is 0 Å². The Labute approximate surface area is 227 Å². The van der Waals surface area contributed by atoms with Gasteiger partial charge >= 0.3 is 12.0 Å². The lowest BCUT2D eigenvalue weighted by molar-refractivity contribution is -0.141. The first-order valence-corrected chi connectivity index (χ1v) is 12.4. The van der Waals surface area contributed by atoms with Crippen LogP contribution in [-0.4, -0.2) is 46.9 Å². The van der Waals surface area contributed by atoms with E-state index in [1.54, 1.807) is 24.1 Å². The van der Waals surface area contributed by atoms with E-state index in [1.807, 2.05) is 67.6 Å². The first-order valence-electron chi connectivity index (χ1n) is 12.4. The summed E-state index contributed by atoms with van der Waals surface area (Å²) in [6, 6.07) is 21.5. The highest BCUT2D eigenvalue weighted by molar-refractivity contribution is 6.00. The Bertz CT molecular complexity index is 1330. The molecule has 1 aliphatic heterocycles. The van der Waals surface area contributed by atoms with Gasteiger partial charge in [0.15, 0.2) is 0 Å². The van der Waals surface area contributed by atoms with Crippen molar-refractivity contribution < 1.29 is 24.3 Å². The van der Waals surface area contributed by atoms with Crippen molar-refractivity contribution in [3.63, 3.8) is 0 Å². The summed E-state index contributed by atoms with van der Waals surface area (Å²) in [4.78, 5) is 47.0. The maximum Gasteiger partial charge on any atom is 0.323 e. The maximum atomic E-state index is 12.0. The van der Waals surface area contributed by atoms with E-state index in [0.717, 1.165) is 28.1 Å². The number of likely N-dealkylation sites (N-methyl/N-ethyl adjacent to an activating group) is 1. The van der Waals surface area contributed by atoms with Crippen molar-refractivity contribution in [2.45, 2.75) is 39.4 Å². The fraction of sp³-hybridized carbons (Fsp3) is 0.241. The molecule has 5 N–H and O–H groups in total. The fourth-order valence-corrected chi connectivity index (χ4v) is 3.89. The Morgan fingerprint density at radius 1 is 0.974 bits per heavy atom. The number of hydrogen-bond donors (Lipinski definition) is 5. The van der Waals surface area contributed by atoms with Crippen LogP contribution in [0.1, 0.15) is 30.0 Å². The summed E-state index contributed by atoms with van der Waals surface area (Å²) < 4.78 is 0. The highest BCUT2D eigenvalue weighted by atomic mass is 16.4. The van der Waals surface area contributed by atoms with Crippen molar-refractivity contribution in [3.8, 4) is 0 Å². The molecule has 3 aromatic rings. The minimum absolute atomic E-state index is 0.0696. The van der Waals surface area contributed by atoms with E-state index in [4.69, 9.17) is 5.11 Å². The SMILES string of the molecule is CC(=O)NCc1ccc(NC(=O)Nc2ccccc2C)cc1.CN1Cc2ccccc2NC(CC(=O)O)C1=O. The second-order valence-electron chi connectivity index (χ2n) is 9.15. The zero-order valence-electron chi connectivity index (χ0n) is 22.2. The van der Waals surface area contributed by atoms with Gasteiger partial charge < -0.3 is 31.3 Å². The molecule has 0 aromatic heterocycles. The number of amides is 4. The third-order valence-corrected chi connectivity index (χ3v) is 5.95. The van der Waals surface area contributed by atoms with Crippen LogP contribution in [0.5, 0.6) is 0 Å². The summed E-state index contributed by atoms with van der Waals surface area (Å²) in [5.41, 5.74) is 5.27. The predicted octanol–water partition coefficient (Wildman–Crippen LogP) is 4.19. The van der Waals surface area contributed by atoms with Gasteiger partial charge in [-0.1, -0.05) is 48.5 Å². The number of fused-ring (bicyclic) bond motifs is 1. The molecule has 0 saturated carbocycles. The fourth-order valence-electron chi connectivity index (χ4n) is 3.89. The molecule has 1 atom stereocenters. The second kappa shape index (κ2) is 13.6. The van der Waals surface area contributed by atoms with Gasteiger partial charge in [0.05, 0.1) is 6.42 Å². The number of benzene rings is 3. The van der Waals surface area contributed by atoms with Gasteiger partial charge in [0.2, 0.25) is 11.8 Å². The Balaban J connectivity index is 0.000000223. The molecule has 1 unspecified atom stereocenters. The number of para-hydroxylation sites is 2. The normalized spacial score (nSPS) is 14.0. The lowest BCUT2D eigenvalue weighted by Crippen LogP contribution is -2.39. The number of aliphatic carboxylic acids is 1. The van der Waals surface area contributed by atoms with Crippen molar-refractivity contribution in [3.05, 3.63) is 89.5 Å². The monoisotopic (exact) mass is 531 g/mol. The molecule has 3 aromatic carbocycles. The molecule has 4 rings (SSSR count). The van der Waals surface area contributed by atoms with Crippen LogP contribution in [0, 0.1) is 6.92 Å². The number of urea groups is 1. The molecule has 1 heterocycles. The molecule has 0 bridgehead atoms. The summed E-state index contributed by atoms with van der Waals surface area (Å²) in [5.74, 6) is -1.24. The van der Waals surface area contributed by atoms with E-state index < -0.39 is 12.0 Å². The Morgan fingerprint density at radius 3 is 2.31 bits per heavy atom. The van der Waals surface area contributed by atoms with Gasteiger partial charge in [0, 0.05) is 44.1 Å². The summed E-state index contributed by atoms with van der Waals surface area (Å²) in [6.07, 6.45) is -0.211. The lowest BCUT2D eigenvalue weighted by atomic mass is 10.1.